The minimum Gasteiger partial charge on any atom is -0.303 e. The van der Waals surface area contributed by atoms with E-state index in [1.165, 1.54) is 0 Å². The molecule has 0 amide bonds. The summed E-state index contributed by atoms with van der Waals surface area (Å²) in [6.45, 7) is 2.93. The second-order valence-electron chi connectivity index (χ2n) is 3.34. The average molecular weight is 303 g/mol. The molecular weight excluding hydrogens is 294 g/mol. The predicted molar refractivity (Wildman–Crippen MR) is 54.4 cm³/mol. The maximum absolute atomic E-state index is 13.5. The van der Waals surface area contributed by atoms with E-state index >= 15 is 0 Å². The lowest BCUT2D eigenvalue weighted by molar-refractivity contribution is 0.277. The zero-order chi connectivity index (χ0) is 12.6. The zero-order valence-electron chi connectivity index (χ0n) is 8.27. The lowest BCUT2D eigenvalue weighted by Gasteiger charge is -2.17. The van der Waals surface area contributed by atoms with Crippen molar-refractivity contribution in [3.8, 4) is 0 Å². The minimum atomic E-state index is -5.63. The van der Waals surface area contributed by atoms with Crippen molar-refractivity contribution in [1.29, 1.82) is 0 Å². The molecule has 12 heteroatoms. The molecule has 0 aromatic carbocycles. The molecular formula is C4H9F5N3OP3. The molecule has 16 heavy (non-hydrogen) atoms. The first kappa shape index (κ1) is 14.4. The Morgan fingerprint density at radius 2 is 1.44 bits per heavy atom. The van der Waals surface area contributed by atoms with Gasteiger partial charge in [0.05, 0.1) is 6.61 Å². The summed E-state index contributed by atoms with van der Waals surface area (Å²) in [5.74, 6) is -0.198. The second-order valence-corrected chi connectivity index (χ2v) is 8.52. The van der Waals surface area contributed by atoms with E-state index in [0.29, 0.717) is 0 Å². The molecule has 0 radical (unpaired) electrons. The summed E-state index contributed by atoms with van der Waals surface area (Å²) >= 11 is 0. The number of hydrogen-bond acceptors (Lipinski definition) is 4. The normalized spacial score (nSPS) is 31.5. The van der Waals surface area contributed by atoms with E-state index in [9.17, 15) is 21.0 Å². The Labute approximate surface area is 89.6 Å². The van der Waals surface area contributed by atoms with Gasteiger partial charge in [-0.3, -0.25) is 0 Å². The highest BCUT2D eigenvalue weighted by Crippen LogP contribution is 2.81. The van der Waals surface area contributed by atoms with Crippen LogP contribution >= 0.6 is 23.4 Å². The summed E-state index contributed by atoms with van der Waals surface area (Å²) in [5, 5.41) is 0. The Balaban J connectivity index is 3.11. The first-order valence-electron chi connectivity index (χ1n) is 4.08. The van der Waals surface area contributed by atoms with Crippen LogP contribution < -0.4 is 0 Å². The quantitative estimate of drug-likeness (QED) is 0.442. The first-order chi connectivity index (χ1) is 7.04. The molecule has 0 aromatic rings. The van der Waals surface area contributed by atoms with Crippen LogP contribution in [0.4, 0.5) is 21.0 Å². The van der Waals surface area contributed by atoms with Crippen LogP contribution in [0.1, 0.15) is 13.8 Å². The van der Waals surface area contributed by atoms with E-state index in [-0.39, 0.29) is 12.5 Å². The highest BCUT2D eigenvalue weighted by atomic mass is 31.3. The van der Waals surface area contributed by atoms with Crippen LogP contribution in [0, 0.1) is 5.92 Å². The lowest BCUT2D eigenvalue weighted by Crippen LogP contribution is -1.97. The van der Waals surface area contributed by atoms with Crippen molar-refractivity contribution >= 4 is 23.4 Å². The highest BCUT2D eigenvalue weighted by Gasteiger charge is 2.40. The second kappa shape index (κ2) is 4.52. The maximum atomic E-state index is 13.5. The van der Waals surface area contributed by atoms with Gasteiger partial charge in [-0.15, -0.1) is 30.3 Å². The van der Waals surface area contributed by atoms with Gasteiger partial charge < -0.3 is 4.52 Å². The molecule has 0 saturated heterocycles. The van der Waals surface area contributed by atoms with E-state index in [1.807, 2.05) is 4.52 Å². The topological polar surface area (TPSA) is 46.3 Å². The molecule has 4 nitrogen and oxygen atoms in total. The summed E-state index contributed by atoms with van der Waals surface area (Å²) in [6.07, 6.45) is 0. The molecule has 0 N–H and O–H groups in total. The Hall–Kier alpha value is 0.300. The molecule has 0 aromatic heterocycles. The fourth-order valence-electron chi connectivity index (χ4n) is 0.744. The molecule has 1 aliphatic heterocycles. The van der Waals surface area contributed by atoms with Crippen LogP contribution in [0.25, 0.3) is 0 Å². The smallest absolute Gasteiger partial charge is 0.303 e. The highest BCUT2D eigenvalue weighted by molar-refractivity contribution is 7.77. The van der Waals surface area contributed by atoms with Gasteiger partial charge in [-0.25, -0.2) is 0 Å². The van der Waals surface area contributed by atoms with Gasteiger partial charge in [0, 0.05) is 0 Å². The predicted octanol–water partition coefficient (Wildman–Crippen LogP) is 6.36. The van der Waals surface area contributed by atoms with Crippen molar-refractivity contribution in [2.75, 3.05) is 6.61 Å². The Morgan fingerprint density at radius 1 is 0.938 bits per heavy atom. The van der Waals surface area contributed by atoms with Crippen molar-refractivity contribution in [2.24, 2.45) is 19.5 Å². The van der Waals surface area contributed by atoms with Gasteiger partial charge in [0.25, 0.3) is 0 Å². The first-order valence-corrected chi connectivity index (χ1v) is 8.53. The monoisotopic (exact) mass is 303 g/mol. The number of hydrogen-bond donors (Lipinski definition) is 0. The zero-order valence-corrected chi connectivity index (χ0v) is 10.9. The molecule has 0 fully saturated rings. The molecule has 1 heterocycles. The van der Waals surface area contributed by atoms with Gasteiger partial charge in [-0.1, -0.05) is 13.8 Å². The van der Waals surface area contributed by atoms with E-state index in [2.05, 4.69) is 13.6 Å². The van der Waals surface area contributed by atoms with Crippen LogP contribution in [0.15, 0.2) is 13.5 Å². The van der Waals surface area contributed by atoms with Gasteiger partial charge >= 0.3 is 23.4 Å². The lowest BCUT2D eigenvalue weighted by atomic mass is 10.2. The maximum Gasteiger partial charge on any atom is 0.425 e. The van der Waals surface area contributed by atoms with E-state index in [0.717, 1.165) is 0 Å². The van der Waals surface area contributed by atoms with Gasteiger partial charge in [0.1, 0.15) is 0 Å². The fourth-order valence-corrected chi connectivity index (χ4v) is 6.20. The van der Waals surface area contributed by atoms with Crippen molar-refractivity contribution in [3.63, 3.8) is 0 Å². The summed E-state index contributed by atoms with van der Waals surface area (Å²) in [4.78, 5) is 0. The number of rotatable bonds is 3. The van der Waals surface area contributed by atoms with Crippen LogP contribution in [0.5, 0.6) is 0 Å². The number of halogens is 5. The van der Waals surface area contributed by atoms with Gasteiger partial charge in [0.2, 0.25) is 0 Å². The van der Waals surface area contributed by atoms with Crippen molar-refractivity contribution in [2.45, 2.75) is 13.8 Å². The summed E-state index contributed by atoms with van der Waals surface area (Å²) in [5.41, 5.74) is 0. The number of nitrogens with zero attached hydrogens (tertiary/aromatic N) is 3. The molecule has 0 aliphatic carbocycles. The molecule has 0 saturated carbocycles. The van der Waals surface area contributed by atoms with Crippen LogP contribution in [0.2, 0.25) is 0 Å². The standard InChI is InChI=1S/C4H9F5N3OP3/c1-4(2)3-13-16(9)11-14(5,6)10-15(7,8)12-16/h4H,3H2,1-2H3. The average Bonchev–Trinajstić information content (AvgIpc) is 1.93. The molecule has 1 unspecified atom stereocenters. The summed E-state index contributed by atoms with van der Waals surface area (Å²) < 4.78 is 75.2. The summed E-state index contributed by atoms with van der Waals surface area (Å²) in [6, 6.07) is 0. The van der Waals surface area contributed by atoms with Gasteiger partial charge in [-0.2, -0.15) is 4.20 Å². The van der Waals surface area contributed by atoms with E-state index in [1.54, 1.807) is 13.8 Å². The third-order valence-corrected chi connectivity index (χ3v) is 6.91. The Bertz CT molecular complexity index is 429. The Morgan fingerprint density at radius 3 is 1.88 bits per heavy atom. The van der Waals surface area contributed by atoms with E-state index in [4.69, 9.17) is 0 Å². The minimum absolute atomic E-state index is 0.198. The van der Waals surface area contributed by atoms with Crippen LogP contribution in [-0.2, 0) is 4.52 Å². The SMILES string of the molecule is CC(C)COP1(F)=NP(F)(F)=NP(F)(F)=N1. The molecule has 1 atom stereocenters. The van der Waals surface area contributed by atoms with Crippen molar-refractivity contribution < 1.29 is 25.5 Å². The Kier molecular flexibility index (Phi) is 4.06. The molecule has 1 aliphatic rings. The molecule has 0 bridgehead atoms. The van der Waals surface area contributed by atoms with Crippen LogP contribution in [-0.4, -0.2) is 6.61 Å². The van der Waals surface area contributed by atoms with Gasteiger partial charge in [-0.05, 0) is 5.92 Å². The van der Waals surface area contributed by atoms with Crippen LogP contribution in [0.3, 0.4) is 0 Å². The van der Waals surface area contributed by atoms with Crippen molar-refractivity contribution in [3.05, 3.63) is 0 Å². The fraction of sp³-hybridized carbons (Fsp3) is 1.00. The van der Waals surface area contributed by atoms with Gasteiger partial charge in [0.15, 0.2) is 0 Å². The molecule has 0 spiro atoms. The summed E-state index contributed by atoms with van der Waals surface area (Å²) in [7, 11) is -16.2. The third-order valence-electron chi connectivity index (χ3n) is 1.22. The van der Waals surface area contributed by atoms with Crippen molar-refractivity contribution in [1.82, 2.24) is 0 Å². The largest absolute Gasteiger partial charge is 0.425 e. The molecule has 1 rings (SSSR count). The van der Waals surface area contributed by atoms with E-state index < -0.39 is 23.4 Å². The third kappa shape index (κ3) is 4.28. The molecule has 96 valence electrons.